The van der Waals surface area contributed by atoms with Crippen LogP contribution in [-0.4, -0.2) is 31.4 Å². The minimum atomic E-state index is -1.19. The van der Waals surface area contributed by atoms with Crippen molar-refractivity contribution < 1.29 is 13.7 Å². The number of hydrogen-bond acceptors (Lipinski definition) is 4. The van der Waals surface area contributed by atoms with E-state index >= 15 is 0 Å². The molecule has 0 fully saturated rings. The second kappa shape index (κ2) is 8.85. The molecule has 0 N–H and O–H groups in total. The molecule has 0 aromatic rings. The van der Waals surface area contributed by atoms with E-state index in [1.54, 1.807) is 0 Å². The summed E-state index contributed by atoms with van der Waals surface area (Å²) < 4.78 is 16.1. The molecule has 0 saturated heterocycles. The molecule has 0 aliphatic rings. The van der Waals surface area contributed by atoms with Crippen LogP contribution >= 0.6 is 8.60 Å². The fourth-order valence-corrected chi connectivity index (χ4v) is 1.74. The highest BCUT2D eigenvalue weighted by molar-refractivity contribution is 7.41. The van der Waals surface area contributed by atoms with E-state index in [0.717, 1.165) is 13.1 Å². The van der Waals surface area contributed by atoms with E-state index in [4.69, 9.17) is 13.7 Å². The molecule has 4 nitrogen and oxygen atoms in total. The first-order valence-electron chi connectivity index (χ1n) is 4.77. The Bertz CT molecular complexity index is 106. The number of rotatable bonds is 8. The lowest BCUT2D eigenvalue weighted by atomic mass is 10.6. The van der Waals surface area contributed by atoms with Crippen molar-refractivity contribution in [3.8, 4) is 0 Å². The second-order valence-corrected chi connectivity index (χ2v) is 3.38. The van der Waals surface area contributed by atoms with E-state index in [-0.39, 0.29) is 0 Å². The third kappa shape index (κ3) is 6.36. The van der Waals surface area contributed by atoms with E-state index in [1.165, 1.54) is 0 Å². The van der Waals surface area contributed by atoms with Gasteiger partial charge in [-0.1, -0.05) is 13.8 Å². The molecule has 0 spiro atoms. The normalized spacial score (nSPS) is 11.5. The zero-order valence-corrected chi connectivity index (χ0v) is 9.84. The lowest BCUT2D eigenvalue weighted by Gasteiger charge is -2.22. The van der Waals surface area contributed by atoms with Gasteiger partial charge in [0.2, 0.25) is 0 Å². The first-order valence-corrected chi connectivity index (χ1v) is 5.86. The van der Waals surface area contributed by atoms with E-state index < -0.39 is 8.60 Å². The molecule has 0 heterocycles. The number of nitrogens with zero attached hydrogens (tertiary/aromatic N) is 1. The molecule has 0 aromatic carbocycles. The van der Waals surface area contributed by atoms with Crippen LogP contribution in [-0.2, 0) is 13.7 Å². The zero-order chi connectivity index (χ0) is 10.1. The average Bonchev–Trinajstić information content (AvgIpc) is 2.14. The first-order chi connectivity index (χ1) is 6.28. The molecule has 5 heteroatoms. The maximum absolute atomic E-state index is 5.48. The quantitative estimate of drug-likeness (QED) is 0.454. The monoisotopic (exact) mass is 209 g/mol. The van der Waals surface area contributed by atoms with Crippen molar-refractivity contribution in [1.82, 2.24) is 5.06 Å². The lowest BCUT2D eigenvalue weighted by molar-refractivity contribution is -0.0678. The predicted molar refractivity (Wildman–Crippen MR) is 54.2 cm³/mol. The van der Waals surface area contributed by atoms with Crippen molar-refractivity contribution in [2.45, 2.75) is 27.7 Å². The lowest BCUT2D eigenvalue weighted by Crippen LogP contribution is -2.21. The number of hydroxylamine groups is 2. The summed E-state index contributed by atoms with van der Waals surface area (Å²) >= 11 is 0. The molecule has 0 bridgehead atoms. The molecule has 0 amide bonds. The van der Waals surface area contributed by atoms with Crippen molar-refractivity contribution in [3.05, 3.63) is 0 Å². The van der Waals surface area contributed by atoms with Gasteiger partial charge in [-0.2, -0.15) is 5.06 Å². The van der Waals surface area contributed by atoms with Gasteiger partial charge in [-0.3, -0.25) is 0 Å². The van der Waals surface area contributed by atoms with Crippen LogP contribution in [0.3, 0.4) is 0 Å². The molecule has 80 valence electrons. The van der Waals surface area contributed by atoms with E-state index in [1.807, 2.05) is 32.8 Å². The van der Waals surface area contributed by atoms with Gasteiger partial charge in [0.05, 0.1) is 13.2 Å². The van der Waals surface area contributed by atoms with Crippen LogP contribution in [0.1, 0.15) is 27.7 Å². The Hall–Kier alpha value is 0.270. The molecule has 0 aliphatic carbocycles. The molecule has 0 radical (unpaired) electrons. The minimum Gasteiger partial charge on any atom is -0.312 e. The van der Waals surface area contributed by atoms with Crippen LogP contribution in [0.15, 0.2) is 0 Å². The summed E-state index contributed by atoms with van der Waals surface area (Å²) in [6, 6.07) is 0. The van der Waals surface area contributed by atoms with Gasteiger partial charge in [0, 0.05) is 13.1 Å². The maximum atomic E-state index is 5.48. The van der Waals surface area contributed by atoms with Crippen LogP contribution in [0.4, 0.5) is 0 Å². The molecule has 0 aromatic heterocycles. The molecule has 13 heavy (non-hydrogen) atoms. The van der Waals surface area contributed by atoms with Crippen molar-refractivity contribution in [3.63, 3.8) is 0 Å². The molecule has 0 atom stereocenters. The van der Waals surface area contributed by atoms with Crippen LogP contribution in [0.2, 0.25) is 0 Å². The fraction of sp³-hybridized carbons (Fsp3) is 1.00. The Morgan fingerprint density at radius 1 is 0.923 bits per heavy atom. The highest BCUT2D eigenvalue weighted by Gasteiger charge is 2.14. The second-order valence-electron chi connectivity index (χ2n) is 2.26. The van der Waals surface area contributed by atoms with Gasteiger partial charge in [0.25, 0.3) is 0 Å². The van der Waals surface area contributed by atoms with Crippen molar-refractivity contribution in [1.29, 1.82) is 0 Å². The van der Waals surface area contributed by atoms with E-state index in [2.05, 4.69) is 0 Å². The fourth-order valence-electron chi connectivity index (χ4n) is 0.729. The summed E-state index contributed by atoms with van der Waals surface area (Å²) in [6.45, 7) is 10.9. The Balaban J connectivity index is 3.76. The molecule has 0 unspecified atom stereocenters. The molecule has 0 rings (SSSR count). The number of hydrogen-bond donors (Lipinski definition) is 0. The van der Waals surface area contributed by atoms with Gasteiger partial charge in [-0.05, 0) is 13.8 Å². The minimum absolute atomic E-state index is 0.618. The first kappa shape index (κ1) is 13.3. The smallest absolute Gasteiger partial charge is 0.312 e. The molecule has 0 saturated carbocycles. The third-order valence-electron chi connectivity index (χ3n) is 1.36. The van der Waals surface area contributed by atoms with Crippen molar-refractivity contribution in [2.24, 2.45) is 0 Å². The van der Waals surface area contributed by atoms with Crippen LogP contribution in [0.25, 0.3) is 0 Å². The molecule has 0 aliphatic heterocycles. The highest BCUT2D eigenvalue weighted by Crippen LogP contribution is 2.40. The van der Waals surface area contributed by atoms with Gasteiger partial charge in [0.1, 0.15) is 0 Å². The van der Waals surface area contributed by atoms with Crippen molar-refractivity contribution in [2.75, 3.05) is 26.3 Å². The Morgan fingerprint density at radius 2 is 1.38 bits per heavy atom. The van der Waals surface area contributed by atoms with E-state index in [0.29, 0.717) is 13.2 Å². The summed E-state index contributed by atoms with van der Waals surface area (Å²) in [5, 5.41) is 1.83. The highest BCUT2D eigenvalue weighted by atomic mass is 31.2. The van der Waals surface area contributed by atoms with Gasteiger partial charge in [-0.25, -0.2) is 4.62 Å². The summed E-state index contributed by atoms with van der Waals surface area (Å²) in [6.07, 6.45) is 0. The van der Waals surface area contributed by atoms with Crippen LogP contribution < -0.4 is 0 Å². The Labute approximate surface area is 82.1 Å². The van der Waals surface area contributed by atoms with Crippen LogP contribution in [0, 0.1) is 0 Å². The Kier molecular flexibility index (Phi) is 9.03. The van der Waals surface area contributed by atoms with Gasteiger partial charge < -0.3 is 9.05 Å². The average molecular weight is 209 g/mol. The molecular formula is C8H20NO3P. The summed E-state index contributed by atoms with van der Waals surface area (Å²) in [5.41, 5.74) is 0. The van der Waals surface area contributed by atoms with Gasteiger partial charge in [0.15, 0.2) is 0 Å². The SMILES string of the molecule is CCOP(OCC)ON(CC)CC. The third-order valence-corrected chi connectivity index (χ3v) is 2.66. The van der Waals surface area contributed by atoms with E-state index in [9.17, 15) is 0 Å². The topological polar surface area (TPSA) is 30.9 Å². The summed E-state index contributed by atoms with van der Waals surface area (Å²) in [7, 11) is -1.19. The van der Waals surface area contributed by atoms with Crippen LogP contribution in [0.5, 0.6) is 0 Å². The largest absolute Gasteiger partial charge is 0.350 e. The molecular weight excluding hydrogens is 189 g/mol. The van der Waals surface area contributed by atoms with Gasteiger partial charge >= 0.3 is 8.60 Å². The standard InChI is InChI=1S/C8H20NO3P/c1-5-9(6-2)12-13(10-7-3)11-8-4/h5-8H2,1-4H3. The zero-order valence-electron chi connectivity index (χ0n) is 8.95. The summed E-state index contributed by atoms with van der Waals surface area (Å²) in [5.74, 6) is 0. The van der Waals surface area contributed by atoms with Crippen molar-refractivity contribution >= 4 is 8.60 Å². The summed E-state index contributed by atoms with van der Waals surface area (Å²) in [4.78, 5) is 0. The van der Waals surface area contributed by atoms with Gasteiger partial charge in [-0.15, -0.1) is 0 Å². The maximum Gasteiger partial charge on any atom is 0.350 e. The Morgan fingerprint density at radius 3 is 1.69 bits per heavy atom. The predicted octanol–water partition coefficient (Wildman–Crippen LogP) is 2.56.